The van der Waals surface area contributed by atoms with Gasteiger partial charge in [-0.25, -0.2) is 0 Å². The lowest BCUT2D eigenvalue weighted by molar-refractivity contribution is -0.900. The van der Waals surface area contributed by atoms with Gasteiger partial charge in [0.1, 0.15) is 0 Å². The molecule has 1 fully saturated rings. The molecule has 104 valence electrons. The van der Waals surface area contributed by atoms with Crippen molar-refractivity contribution in [2.24, 2.45) is 5.92 Å². The summed E-state index contributed by atoms with van der Waals surface area (Å²) < 4.78 is 1.07. The number of carbonyl (C=O) groups is 1. The fraction of sp³-hybridized carbons (Fsp3) is 0.533. The van der Waals surface area contributed by atoms with Crippen LogP contribution < -0.4 is 10.2 Å². The van der Waals surface area contributed by atoms with E-state index in [1.807, 2.05) is 25.1 Å². The fourth-order valence-electron chi connectivity index (χ4n) is 2.71. The van der Waals surface area contributed by atoms with Crippen molar-refractivity contribution in [3.05, 3.63) is 28.2 Å². The van der Waals surface area contributed by atoms with Gasteiger partial charge in [0.05, 0.1) is 13.1 Å². The smallest absolute Gasteiger partial charge is 0.279 e. The SMILES string of the molecule is Cc1cc(NC(=O)C[NH+]2CCC[C@@H](C)C2)ccc1Br. The van der Waals surface area contributed by atoms with Crippen LogP contribution in [0.4, 0.5) is 5.69 Å². The number of likely N-dealkylation sites (tertiary alicyclic amines) is 1. The second-order valence-corrected chi connectivity index (χ2v) is 6.49. The van der Waals surface area contributed by atoms with Crippen LogP contribution in [0.15, 0.2) is 22.7 Å². The van der Waals surface area contributed by atoms with Gasteiger partial charge >= 0.3 is 0 Å². The third-order valence-electron chi connectivity index (χ3n) is 3.72. The van der Waals surface area contributed by atoms with Gasteiger partial charge in [-0.05, 0) is 43.5 Å². The molecule has 0 saturated carbocycles. The van der Waals surface area contributed by atoms with Crippen molar-refractivity contribution < 1.29 is 9.69 Å². The van der Waals surface area contributed by atoms with Crippen molar-refractivity contribution in [3.8, 4) is 0 Å². The van der Waals surface area contributed by atoms with Gasteiger partial charge in [-0.15, -0.1) is 0 Å². The van der Waals surface area contributed by atoms with Crippen LogP contribution in [0.3, 0.4) is 0 Å². The van der Waals surface area contributed by atoms with E-state index in [4.69, 9.17) is 0 Å². The van der Waals surface area contributed by atoms with Crippen LogP contribution in [0.1, 0.15) is 25.3 Å². The zero-order valence-electron chi connectivity index (χ0n) is 11.6. The zero-order chi connectivity index (χ0) is 13.8. The van der Waals surface area contributed by atoms with E-state index in [0.717, 1.165) is 34.7 Å². The predicted molar refractivity (Wildman–Crippen MR) is 81.5 cm³/mol. The zero-order valence-corrected chi connectivity index (χ0v) is 13.2. The van der Waals surface area contributed by atoms with Crippen molar-refractivity contribution in [1.29, 1.82) is 0 Å². The molecule has 4 heteroatoms. The second kappa shape index (κ2) is 6.53. The number of halogens is 1. The number of piperidine rings is 1. The summed E-state index contributed by atoms with van der Waals surface area (Å²) in [6.45, 7) is 7.12. The van der Waals surface area contributed by atoms with E-state index in [1.54, 1.807) is 0 Å². The largest absolute Gasteiger partial charge is 0.327 e. The highest BCUT2D eigenvalue weighted by molar-refractivity contribution is 9.10. The maximum atomic E-state index is 12.0. The van der Waals surface area contributed by atoms with E-state index in [1.165, 1.54) is 17.7 Å². The molecule has 0 aromatic heterocycles. The molecule has 0 spiro atoms. The normalized spacial score (nSPS) is 23.1. The molecule has 1 heterocycles. The molecule has 3 nitrogen and oxygen atoms in total. The highest BCUT2D eigenvalue weighted by atomic mass is 79.9. The van der Waals surface area contributed by atoms with Gasteiger partial charge in [-0.1, -0.05) is 22.9 Å². The van der Waals surface area contributed by atoms with Crippen molar-refractivity contribution >= 4 is 27.5 Å². The van der Waals surface area contributed by atoms with E-state index >= 15 is 0 Å². The summed E-state index contributed by atoms with van der Waals surface area (Å²) in [5.74, 6) is 0.859. The Bertz CT molecular complexity index is 461. The maximum absolute atomic E-state index is 12.0. The molecule has 1 aromatic rings. The average molecular weight is 326 g/mol. The number of nitrogens with one attached hydrogen (secondary N) is 2. The molecule has 1 saturated heterocycles. The molecule has 1 aliphatic heterocycles. The van der Waals surface area contributed by atoms with E-state index in [0.29, 0.717) is 6.54 Å². The lowest BCUT2D eigenvalue weighted by Crippen LogP contribution is -3.14. The molecular weight excluding hydrogens is 304 g/mol. The van der Waals surface area contributed by atoms with E-state index in [2.05, 4.69) is 28.2 Å². The number of benzene rings is 1. The molecule has 2 atom stereocenters. The Labute approximate surface area is 123 Å². The summed E-state index contributed by atoms with van der Waals surface area (Å²) in [5, 5.41) is 2.99. The third kappa shape index (κ3) is 4.32. The van der Waals surface area contributed by atoms with E-state index in [9.17, 15) is 4.79 Å². The molecular formula is C15H22BrN2O+. The number of hydrogen-bond acceptors (Lipinski definition) is 1. The first-order valence-corrected chi connectivity index (χ1v) is 7.73. The minimum atomic E-state index is 0.117. The molecule has 1 unspecified atom stereocenters. The Kier molecular flexibility index (Phi) is 4.99. The third-order valence-corrected chi connectivity index (χ3v) is 4.61. The van der Waals surface area contributed by atoms with Gasteiger partial charge in [0.25, 0.3) is 5.91 Å². The molecule has 1 aliphatic rings. The van der Waals surface area contributed by atoms with Crippen LogP contribution in [0.25, 0.3) is 0 Å². The Morgan fingerprint density at radius 2 is 2.32 bits per heavy atom. The van der Waals surface area contributed by atoms with Gasteiger partial charge in [0.15, 0.2) is 6.54 Å². The first-order chi connectivity index (χ1) is 9.04. The summed E-state index contributed by atoms with van der Waals surface area (Å²) in [5.41, 5.74) is 2.02. The van der Waals surface area contributed by atoms with Crippen molar-refractivity contribution in [1.82, 2.24) is 0 Å². The first-order valence-electron chi connectivity index (χ1n) is 6.94. The van der Waals surface area contributed by atoms with Gasteiger partial charge in [0.2, 0.25) is 0 Å². The standard InChI is InChI=1S/C15H21BrN2O/c1-11-4-3-7-18(9-11)10-15(19)17-13-5-6-14(16)12(2)8-13/h5-6,8,11H,3-4,7,9-10H2,1-2H3,(H,17,19)/p+1/t11-/m1/s1. The van der Waals surface area contributed by atoms with Gasteiger partial charge in [0, 0.05) is 16.1 Å². The molecule has 0 bridgehead atoms. The van der Waals surface area contributed by atoms with Crippen LogP contribution in [0, 0.1) is 12.8 Å². The Balaban J connectivity index is 1.88. The van der Waals surface area contributed by atoms with Crippen LogP contribution in [0.5, 0.6) is 0 Å². The lowest BCUT2D eigenvalue weighted by Gasteiger charge is -2.27. The quantitative estimate of drug-likeness (QED) is 0.875. The molecule has 19 heavy (non-hydrogen) atoms. The Morgan fingerprint density at radius 3 is 3.00 bits per heavy atom. The summed E-state index contributed by atoms with van der Waals surface area (Å²) in [7, 11) is 0. The summed E-state index contributed by atoms with van der Waals surface area (Å²) in [6.07, 6.45) is 2.54. The number of anilines is 1. The molecule has 1 aromatic carbocycles. The van der Waals surface area contributed by atoms with Gasteiger partial charge in [-0.3, -0.25) is 4.79 Å². The number of rotatable bonds is 3. The topological polar surface area (TPSA) is 33.5 Å². The summed E-state index contributed by atoms with van der Waals surface area (Å²) in [4.78, 5) is 13.4. The van der Waals surface area contributed by atoms with E-state index in [-0.39, 0.29) is 5.91 Å². The van der Waals surface area contributed by atoms with Crippen LogP contribution in [-0.4, -0.2) is 25.5 Å². The van der Waals surface area contributed by atoms with Crippen LogP contribution in [0.2, 0.25) is 0 Å². The molecule has 0 radical (unpaired) electrons. The highest BCUT2D eigenvalue weighted by Gasteiger charge is 2.21. The van der Waals surface area contributed by atoms with Crippen LogP contribution in [-0.2, 0) is 4.79 Å². The Hall–Kier alpha value is -0.870. The number of amides is 1. The second-order valence-electron chi connectivity index (χ2n) is 5.64. The van der Waals surface area contributed by atoms with Crippen molar-refractivity contribution in [2.75, 3.05) is 25.0 Å². The average Bonchev–Trinajstić information content (AvgIpc) is 2.34. The van der Waals surface area contributed by atoms with Crippen molar-refractivity contribution in [2.45, 2.75) is 26.7 Å². The summed E-state index contributed by atoms with van der Waals surface area (Å²) >= 11 is 3.46. The van der Waals surface area contributed by atoms with E-state index < -0.39 is 0 Å². The number of aryl methyl sites for hydroxylation is 1. The Morgan fingerprint density at radius 1 is 1.53 bits per heavy atom. The highest BCUT2D eigenvalue weighted by Crippen LogP contribution is 2.19. The van der Waals surface area contributed by atoms with Gasteiger partial charge < -0.3 is 10.2 Å². The van der Waals surface area contributed by atoms with Crippen LogP contribution >= 0.6 is 15.9 Å². The lowest BCUT2D eigenvalue weighted by atomic mass is 10.0. The molecule has 2 N–H and O–H groups in total. The summed E-state index contributed by atoms with van der Waals surface area (Å²) in [6, 6.07) is 5.90. The minimum Gasteiger partial charge on any atom is -0.327 e. The monoisotopic (exact) mass is 325 g/mol. The predicted octanol–water partition coefficient (Wildman–Crippen LogP) is 2.01. The molecule has 0 aliphatic carbocycles. The van der Waals surface area contributed by atoms with Gasteiger partial charge in [-0.2, -0.15) is 0 Å². The van der Waals surface area contributed by atoms with Crippen molar-refractivity contribution in [3.63, 3.8) is 0 Å². The minimum absolute atomic E-state index is 0.117. The number of quaternary nitrogens is 1. The first kappa shape index (κ1) is 14.5. The number of carbonyl (C=O) groups excluding carboxylic acids is 1. The molecule has 1 amide bonds. The number of hydrogen-bond donors (Lipinski definition) is 2. The molecule has 2 rings (SSSR count). The fourth-order valence-corrected chi connectivity index (χ4v) is 2.96. The maximum Gasteiger partial charge on any atom is 0.279 e.